The number of piperidine rings is 1. The summed E-state index contributed by atoms with van der Waals surface area (Å²) < 4.78 is 1.75. The lowest BCUT2D eigenvalue weighted by Gasteiger charge is -2.30. The van der Waals surface area contributed by atoms with E-state index in [0.29, 0.717) is 6.54 Å². The molecule has 1 aromatic heterocycles. The Morgan fingerprint density at radius 3 is 2.59 bits per heavy atom. The molecule has 1 aliphatic heterocycles. The minimum atomic E-state index is 0.587. The number of nitrogens with zero attached hydrogens (tertiary/aromatic N) is 5. The van der Waals surface area contributed by atoms with Gasteiger partial charge in [-0.05, 0) is 36.4 Å². The molecule has 7 heteroatoms. The third-order valence-electron chi connectivity index (χ3n) is 5.07. The topological polar surface area (TPSA) is 70.4 Å². The van der Waals surface area contributed by atoms with E-state index in [4.69, 9.17) is 0 Å². The van der Waals surface area contributed by atoms with Crippen LogP contribution in [0.25, 0.3) is 0 Å². The first-order chi connectivity index (χ1) is 13.1. The Balaban J connectivity index is 1.45. The molecule has 0 spiro atoms. The van der Waals surface area contributed by atoms with E-state index in [1.807, 2.05) is 7.05 Å². The summed E-state index contributed by atoms with van der Waals surface area (Å²) in [7, 11) is 3.65. The third-order valence-corrected chi connectivity index (χ3v) is 5.07. The molecule has 2 aromatic rings. The second-order valence-corrected chi connectivity index (χ2v) is 7.38. The molecule has 0 aliphatic carbocycles. The van der Waals surface area contributed by atoms with E-state index < -0.39 is 0 Å². The SMILES string of the molecule is CN=C(NCc1ccc(CN2CCCC(C)C2)cc1)NCc1ncnn1C. The van der Waals surface area contributed by atoms with Crippen LogP contribution in [0.2, 0.25) is 0 Å². The standard InChI is InChI=1S/C20H31N7/c1-16-5-4-10-27(13-16)14-18-8-6-17(7-9-18)11-22-20(21-2)23-12-19-24-15-25-26(19)3/h6-9,15-16H,4-5,10-14H2,1-3H3,(H2,21,22,23). The van der Waals surface area contributed by atoms with Crippen molar-refractivity contribution in [3.05, 3.63) is 47.5 Å². The highest BCUT2D eigenvalue weighted by Crippen LogP contribution is 2.18. The molecule has 27 heavy (non-hydrogen) atoms. The second kappa shape index (κ2) is 9.50. The van der Waals surface area contributed by atoms with E-state index in [1.54, 1.807) is 18.1 Å². The Morgan fingerprint density at radius 2 is 1.93 bits per heavy atom. The Morgan fingerprint density at radius 1 is 1.19 bits per heavy atom. The largest absolute Gasteiger partial charge is 0.352 e. The fourth-order valence-electron chi connectivity index (χ4n) is 3.50. The van der Waals surface area contributed by atoms with Crippen LogP contribution in [0.4, 0.5) is 0 Å². The Kier molecular flexibility index (Phi) is 6.81. The molecule has 0 radical (unpaired) electrons. The number of nitrogens with one attached hydrogen (secondary N) is 2. The lowest BCUT2D eigenvalue weighted by Crippen LogP contribution is -2.37. The molecule has 2 N–H and O–H groups in total. The van der Waals surface area contributed by atoms with Gasteiger partial charge in [0.15, 0.2) is 5.96 Å². The van der Waals surface area contributed by atoms with Gasteiger partial charge in [0.2, 0.25) is 0 Å². The summed E-state index contributed by atoms with van der Waals surface area (Å²) >= 11 is 0. The molecular formula is C20H31N7. The molecule has 1 unspecified atom stereocenters. The first kappa shape index (κ1) is 19.4. The summed E-state index contributed by atoms with van der Waals surface area (Å²) in [5.74, 6) is 2.45. The number of likely N-dealkylation sites (tertiary alicyclic amines) is 1. The van der Waals surface area contributed by atoms with E-state index >= 15 is 0 Å². The predicted molar refractivity (Wildman–Crippen MR) is 108 cm³/mol. The van der Waals surface area contributed by atoms with Crippen molar-refractivity contribution in [1.82, 2.24) is 30.3 Å². The molecule has 146 valence electrons. The lowest BCUT2D eigenvalue weighted by molar-refractivity contribution is 0.176. The minimum absolute atomic E-state index is 0.587. The highest BCUT2D eigenvalue weighted by molar-refractivity contribution is 5.79. The summed E-state index contributed by atoms with van der Waals surface area (Å²) in [5.41, 5.74) is 2.63. The molecule has 7 nitrogen and oxygen atoms in total. The van der Waals surface area contributed by atoms with Crippen LogP contribution in [0.5, 0.6) is 0 Å². The number of guanidine groups is 1. The molecule has 2 heterocycles. The van der Waals surface area contributed by atoms with Crippen LogP contribution in [-0.2, 0) is 26.7 Å². The van der Waals surface area contributed by atoms with Crippen LogP contribution in [0, 0.1) is 5.92 Å². The van der Waals surface area contributed by atoms with Crippen molar-refractivity contribution < 1.29 is 0 Å². The summed E-state index contributed by atoms with van der Waals surface area (Å²) in [6.45, 7) is 7.17. The quantitative estimate of drug-likeness (QED) is 0.601. The first-order valence-corrected chi connectivity index (χ1v) is 9.71. The van der Waals surface area contributed by atoms with Gasteiger partial charge < -0.3 is 10.6 Å². The van der Waals surface area contributed by atoms with Crippen LogP contribution >= 0.6 is 0 Å². The van der Waals surface area contributed by atoms with Crippen molar-refractivity contribution in [3.8, 4) is 0 Å². The number of hydrogen-bond acceptors (Lipinski definition) is 4. The van der Waals surface area contributed by atoms with Crippen LogP contribution in [0.1, 0.15) is 36.7 Å². The summed E-state index contributed by atoms with van der Waals surface area (Å²) in [5, 5.41) is 10.7. The maximum atomic E-state index is 4.26. The van der Waals surface area contributed by atoms with Gasteiger partial charge >= 0.3 is 0 Å². The Bertz CT molecular complexity index is 735. The zero-order chi connectivity index (χ0) is 19.1. The van der Waals surface area contributed by atoms with Crippen LogP contribution in [-0.4, -0.2) is 45.8 Å². The number of aliphatic imine (C=N–C) groups is 1. The predicted octanol–water partition coefficient (Wildman–Crippen LogP) is 1.91. The van der Waals surface area contributed by atoms with E-state index in [0.717, 1.165) is 30.8 Å². The molecule has 0 saturated carbocycles. The van der Waals surface area contributed by atoms with Crippen molar-refractivity contribution in [2.75, 3.05) is 20.1 Å². The number of hydrogen-bond donors (Lipinski definition) is 2. The van der Waals surface area contributed by atoms with E-state index in [-0.39, 0.29) is 0 Å². The Labute approximate surface area is 161 Å². The van der Waals surface area contributed by atoms with Gasteiger partial charge in [-0.25, -0.2) is 4.98 Å². The highest BCUT2D eigenvalue weighted by atomic mass is 15.3. The van der Waals surface area contributed by atoms with Crippen molar-refractivity contribution in [2.24, 2.45) is 18.0 Å². The Hall–Kier alpha value is -2.41. The third kappa shape index (κ3) is 5.79. The van der Waals surface area contributed by atoms with Gasteiger partial charge in [-0.3, -0.25) is 14.6 Å². The molecule has 1 aromatic carbocycles. The van der Waals surface area contributed by atoms with Gasteiger partial charge in [-0.1, -0.05) is 31.2 Å². The zero-order valence-corrected chi connectivity index (χ0v) is 16.6. The van der Waals surface area contributed by atoms with Crippen LogP contribution in [0.3, 0.4) is 0 Å². The summed E-state index contributed by atoms with van der Waals surface area (Å²) in [4.78, 5) is 11.0. The molecular weight excluding hydrogens is 338 g/mol. The van der Waals surface area contributed by atoms with Crippen molar-refractivity contribution in [3.63, 3.8) is 0 Å². The van der Waals surface area contributed by atoms with Gasteiger partial charge in [0.1, 0.15) is 12.2 Å². The zero-order valence-electron chi connectivity index (χ0n) is 16.6. The van der Waals surface area contributed by atoms with Crippen molar-refractivity contribution in [2.45, 2.75) is 39.4 Å². The van der Waals surface area contributed by atoms with Gasteiger partial charge in [0.25, 0.3) is 0 Å². The highest BCUT2D eigenvalue weighted by Gasteiger charge is 2.16. The lowest BCUT2D eigenvalue weighted by atomic mass is 9.99. The van der Waals surface area contributed by atoms with Gasteiger partial charge in [-0.15, -0.1) is 0 Å². The molecule has 3 rings (SSSR count). The van der Waals surface area contributed by atoms with Gasteiger partial charge in [-0.2, -0.15) is 5.10 Å². The maximum Gasteiger partial charge on any atom is 0.191 e. The molecule has 1 fully saturated rings. The second-order valence-electron chi connectivity index (χ2n) is 7.38. The number of aromatic nitrogens is 3. The fraction of sp³-hybridized carbons (Fsp3) is 0.550. The number of aryl methyl sites for hydroxylation is 1. The van der Waals surface area contributed by atoms with Gasteiger partial charge in [0.05, 0.1) is 6.54 Å². The normalized spacial score (nSPS) is 18.5. The average Bonchev–Trinajstić information content (AvgIpc) is 3.08. The maximum absolute atomic E-state index is 4.26. The first-order valence-electron chi connectivity index (χ1n) is 9.71. The molecule has 0 bridgehead atoms. The molecule has 1 atom stereocenters. The molecule has 0 amide bonds. The van der Waals surface area contributed by atoms with Gasteiger partial charge in [0, 0.05) is 33.7 Å². The van der Waals surface area contributed by atoms with E-state index in [2.05, 4.69) is 61.8 Å². The van der Waals surface area contributed by atoms with E-state index in [1.165, 1.54) is 37.1 Å². The van der Waals surface area contributed by atoms with Crippen molar-refractivity contribution >= 4 is 5.96 Å². The molecule has 1 saturated heterocycles. The summed E-state index contributed by atoms with van der Waals surface area (Å²) in [6.07, 6.45) is 4.25. The smallest absolute Gasteiger partial charge is 0.191 e. The van der Waals surface area contributed by atoms with Crippen molar-refractivity contribution in [1.29, 1.82) is 0 Å². The van der Waals surface area contributed by atoms with Crippen LogP contribution in [0.15, 0.2) is 35.6 Å². The minimum Gasteiger partial charge on any atom is -0.352 e. The van der Waals surface area contributed by atoms with E-state index in [9.17, 15) is 0 Å². The monoisotopic (exact) mass is 369 g/mol. The fourth-order valence-corrected chi connectivity index (χ4v) is 3.50. The summed E-state index contributed by atoms with van der Waals surface area (Å²) in [6, 6.07) is 8.88. The number of benzene rings is 1. The average molecular weight is 370 g/mol. The molecule has 1 aliphatic rings. The number of rotatable bonds is 6. The van der Waals surface area contributed by atoms with Crippen LogP contribution < -0.4 is 10.6 Å².